The fourth-order valence-electron chi connectivity index (χ4n) is 5.46. The van der Waals surface area contributed by atoms with Crippen LogP contribution in [0, 0.1) is 18.7 Å². The molecule has 1 aromatic carbocycles. The Labute approximate surface area is 208 Å². The van der Waals surface area contributed by atoms with Crippen LogP contribution in [0.25, 0.3) is 21.9 Å². The molecule has 4 aromatic rings. The minimum Gasteiger partial charge on any atom is -0.480 e. The van der Waals surface area contributed by atoms with Crippen LogP contribution >= 0.6 is 12.4 Å². The van der Waals surface area contributed by atoms with Crippen molar-refractivity contribution >= 4 is 46.1 Å². The Kier molecular flexibility index (Phi) is 7.17. The normalized spacial score (nSPS) is 17.9. The van der Waals surface area contributed by atoms with Crippen LogP contribution in [0.5, 0.6) is 0 Å². The molecule has 0 bridgehead atoms. The van der Waals surface area contributed by atoms with Crippen molar-refractivity contribution in [3.63, 3.8) is 0 Å². The Hall–Kier alpha value is -3.32. The maximum Gasteiger partial charge on any atom is 0.323 e. The van der Waals surface area contributed by atoms with Gasteiger partial charge >= 0.3 is 5.97 Å². The SMILES string of the molecule is Cc1c(C2CCC(CC(=O)c3ccc4cccnc4n3)CC2)c2cc(F)ccc2n1CC(=O)O.Cl. The lowest BCUT2D eigenvalue weighted by Crippen LogP contribution is -2.18. The van der Waals surface area contributed by atoms with Crippen molar-refractivity contribution in [2.24, 2.45) is 5.92 Å². The van der Waals surface area contributed by atoms with Crippen LogP contribution in [0.4, 0.5) is 4.39 Å². The van der Waals surface area contributed by atoms with Gasteiger partial charge in [-0.2, -0.15) is 0 Å². The molecule has 8 heteroatoms. The lowest BCUT2D eigenvalue weighted by atomic mass is 9.76. The molecule has 1 saturated carbocycles. The molecule has 6 nitrogen and oxygen atoms in total. The van der Waals surface area contributed by atoms with Gasteiger partial charge in [0.1, 0.15) is 18.1 Å². The number of hydrogen-bond acceptors (Lipinski definition) is 4. The van der Waals surface area contributed by atoms with Gasteiger partial charge in [-0.25, -0.2) is 14.4 Å². The van der Waals surface area contributed by atoms with E-state index in [9.17, 15) is 19.1 Å². The second-order valence-electron chi connectivity index (χ2n) is 9.23. The predicted molar refractivity (Wildman–Crippen MR) is 135 cm³/mol. The van der Waals surface area contributed by atoms with Gasteiger partial charge in [0, 0.05) is 34.6 Å². The summed E-state index contributed by atoms with van der Waals surface area (Å²) in [6.45, 7) is 1.77. The number of fused-ring (bicyclic) bond motifs is 2. The third-order valence-corrected chi connectivity index (χ3v) is 7.11. The summed E-state index contributed by atoms with van der Waals surface area (Å²) in [5, 5.41) is 11.1. The molecule has 5 rings (SSSR count). The molecule has 1 fully saturated rings. The van der Waals surface area contributed by atoms with Crippen LogP contribution in [0.3, 0.4) is 0 Å². The third-order valence-electron chi connectivity index (χ3n) is 7.11. The molecule has 1 aliphatic carbocycles. The molecule has 3 aromatic heterocycles. The van der Waals surface area contributed by atoms with Gasteiger partial charge in [0.15, 0.2) is 11.4 Å². The maximum atomic E-state index is 14.1. The Morgan fingerprint density at radius 1 is 1.11 bits per heavy atom. The minimum atomic E-state index is -0.921. The van der Waals surface area contributed by atoms with Crippen LogP contribution in [0.1, 0.15) is 59.8 Å². The molecule has 182 valence electrons. The second-order valence-corrected chi connectivity index (χ2v) is 9.23. The summed E-state index contributed by atoms with van der Waals surface area (Å²) in [4.78, 5) is 33.0. The van der Waals surface area contributed by atoms with Crippen LogP contribution in [-0.4, -0.2) is 31.4 Å². The van der Waals surface area contributed by atoms with Gasteiger partial charge in [-0.15, -0.1) is 12.4 Å². The predicted octanol–water partition coefficient (Wildman–Crippen LogP) is 6.09. The number of aromatic nitrogens is 3. The number of carboxylic acid groups (broad SMARTS) is 1. The average Bonchev–Trinajstić information content (AvgIpc) is 3.09. The number of benzene rings is 1. The molecule has 3 heterocycles. The molecule has 1 aliphatic rings. The maximum absolute atomic E-state index is 14.1. The smallest absolute Gasteiger partial charge is 0.323 e. The van der Waals surface area contributed by atoms with E-state index in [1.807, 2.05) is 25.1 Å². The van der Waals surface area contributed by atoms with E-state index in [1.165, 1.54) is 12.1 Å². The first kappa shape index (κ1) is 24.8. The van der Waals surface area contributed by atoms with Crippen molar-refractivity contribution in [1.82, 2.24) is 14.5 Å². The fraction of sp³-hybridized carbons (Fsp3) is 0.333. The standard InChI is InChI=1S/C27H26FN3O3.ClH/c1-16-26(21-14-20(28)9-11-23(21)31(16)15-25(33)34)18-6-4-17(5-7-18)13-24(32)22-10-8-19-3-2-12-29-27(19)30-22;/h2-3,8-12,14,17-18H,4-7,13,15H2,1H3,(H,33,34);1H. The third kappa shape index (κ3) is 4.91. The van der Waals surface area contributed by atoms with Crippen molar-refractivity contribution in [3.8, 4) is 0 Å². The number of aliphatic carboxylic acids is 1. The second kappa shape index (κ2) is 10.1. The van der Waals surface area contributed by atoms with E-state index in [0.29, 0.717) is 17.8 Å². The van der Waals surface area contributed by atoms with Crippen molar-refractivity contribution < 1.29 is 19.1 Å². The molecule has 0 atom stereocenters. The first-order chi connectivity index (χ1) is 16.4. The summed E-state index contributed by atoms with van der Waals surface area (Å²) in [6, 6.07) is 12.0. The molecule has 0 spiro atoms. The van der Waals surface area contributed by atoms with Crippen molar-refractivity contribution in [3.05, 3.63) is 71.4 Å². The van der Waals surface area contributed by atoms with Gasteiger partial charge in [0.2, 0.25) is 0 Å². The number of carbonyl (C=O) groups excluding carboxylic acids is 1. The molecular weight excluding hydrogens is 469 g/mol. The first-order valence-corrected chi connectivity index (χ1v) is 11.7. The highest BCUT2D eigenvalue weighted by Crippen LogP contribution is 2.42. The summed E-state index contributed by atoms with van der Waals surface area (Å²) < 4.78 is 15.8. The van der Waals surface area contributed by atoms with Gasteiger partial charge < -0.3 is 9.67 Å². The number of hydrogen-bond donors (Lipinski definition) is 1. The molecule has 0 unspecified atom stereocenters. The number of carbonyl (C=O) groups is 2. The number of halogens is 2. The molecule has 0 saturated heterocycles. The summed E-state index contributed by atoms with van der Waals surface area (Å²) in [6.07, 6.45) is 5.67. The zero-order valence-corrected chi connectivity index (χ0v) is 20.2. The van der Waals surface area contributed by atoms with Gasteiger partial charge in [-0.3, -0.25) is 9.59 Å². The van der Waals surface area contributed by atoms with E-state index in [1.54, 1.807) is 22.9 Å². The van der Waals surface area contributed by atoms with Gasteiger partial charge in [-0.1, -0.05) is 0 Å². The Bertz CT molecular complexity index is 1410. The lowest BCUT2D eigenvalue weighted by Gasteiger charge is -2.28. The molecular formula is C27H27ClFN3O3. The fourth-order valence-corrected chi connectivity index (χ4v) is 5.46. The largest absolute Gasteiger partial charge is 0.480 e. The van der Waals surface area contributed by atoms with E-state index < -0.39 is 5.97 Å². The van der Waals surface area contributed by atoms with Crippen LogP contribution in [0.2, 0.25) is 0 Å². The van der Waals surface area contributed by atoms with Crippen LogP contribution in [0.15, 0.2) is 48.7 Å². The minimum absolute atomic E-state index is 0. The van der Waals surface area contributed by atoms with Crippen LogP contribution < -0.4 is 0 Å². The van der Waals surface area contributed by atoms with Gasteiger partial charge in [0.05, 0.1) is 0 Å². The summed E-state index contributed by atoms with van der Waals surface area (Å²) in [7, 11) is 0. The van der Waals surface area contributed by atoms with Gasteiger partial charge in [0.25, 0.3) is 0 Å². The number of Topliss-reactive ketones (excluding diaryl/α,β-unsaturated/α-hetero) is 1. The highest BCUT2D eigenvalue weighted by Gasteiger charge is 2.29. The van der Waals surface area contributed by atoms with E-state index >= 15 is 0 Å². The van der Waals surface area contributed by atoms with Crippen LogP contribution in [-0.2, 0) is 11.3 Å². The highest BCUT2D eigenvalue weighted by atomic mass is 35.5. The van der Waals surface area contributed by atoms with Crippen molar-refractivity contribution in [1.29, 1.82) is 0 Å². The van der Waals surface area contributed by atoms with Crippen molar-refractivity contribution in [2.45, 2.75) is 51.5 Å². The monoisotopic (exact) mass is 495 g/mol. The molecule has 0 radical (unpaired) electrons. The van der Waals surface area contributed by atoms with E-state index in [2.05, 4.69) is 9.97 Å². The molecule has 0 amide bonds. The summed E-state index contributed by atoms with van der Waals surface area (Å²) in [5.41, 5.74) is 3.72. The number of pyridine rings is 2. The number of carboxylic acids is 1. The van der Waals surface area contributed by atoms with E-state index in [4.69, 9.17) is 0 Å². The molecule has 1 N–H and O–H groups in total. The van der Waals surface area contributed by atoms with Gasteiger partial charge in [-0.05, 0) is 92.5 Å². The Balaban J connectivity index is 0.00000289. The molecule has 0 aliphatic heterocycles. The topological polar surface area (TPSA) is 85.1 Å². The number of rotatable bonds is 6. The Morgan fingerprint density at radius 2 is 1.89 bits per heavy atom. The number of ketones is 1. The van der Waals surface area contributed by atoms with E-state index in [-0.39, 0.29) is 42.4 Å². The first-order valence-electron chi connectivity index (χ1n) is 11.7. The zero-order valence-electron chi connectivity index (χ0n) is 19.4. The highest BCUT2D eigenvalue weighted by molar-refractivity contribution is 5.96. The number of nitrogens with zero attached hydrogens (tertiary/aromatic N) is 3. The molecule has 35 heavy (non-hydrogen) atoms. The summed E-state index contributed by atoms with van der Waals surface area (Å²) >= 11 is 0. The quantitative estimate of drug-likeness (QED) is 0.327. The van der Waals surface area contributed by atoms with Crippen molar-refractivity contribution in [2.75, 3.05) is 0 Å². The lowest BCUT2D eigenvalue weighted by molar-refractivity contribution is -0.137. The average molecular weight is 496 g/mol. The zero-order chi connectivity index (χ0) is 23.8. The van der Waals surface area contributed by atoms with E-state index in [0.717, 1.165) is 53.2 Å². The Morgan fingerprint density at radius 3 is 2.63 bits per heavy atom. The summed E-state index contributed by atoms with van der Waals surface area (Å²) in [5.74, 6) is -0.719.